The first-order chi connectivity index (χ1) is 9.65. The van der Waals surface area contributed by atoms with Crippen LogP contribution in [0.4, 0.5) is 4.39 Å². The summed E-state index contributed by atoms with van der Waals surface area (Å²) in [6.07, 6.45) is 4.75. The van der Waals surface area contributed by atoms with Crippen molar-refractivity contribution in [2.24, 2.45) is 0 Å². The molecule has 0 atom stereocenters. The van der Waals surface area contributed by atoms with Crippen LogP contribution in [0.15, 0.2) is 30.3 Å². The molecule has 1 aliphatic heterocycles. The zero-order valence-electron chi connectivity index (χ0n) is 11.0. The van der Waals surface area contributed by atoms with Gasteiger partial charge in [0.15, 0.2) is 6.61 Å². The molecule has 20 heavy (non-hydrogen) atoms. The Kier molecular flexibility index (Phi) is 4.87. The first kappa shape index (κ1) is 14.2. The molecule has 106 valence electrons. The van der Waals surface area contributed by atoms with E-state index in [-0.39, 0.29) is 18.3 Å². The molecule has 1 aromatic carbocycles. The Hall–Kier alpha value is -2.17. The largest absolute Gasteiger partial charge is 0.452 e. The molecule has 0 unspecified atom stereocenters. The summed E-state index contributed by atoms with van der Waals surface area (Å²) in [5.41, 5.74) is 0.689. The van der Waals surface area contributed by atoms with E-state index in [4.69, 9.17) is 4.74 Å². The molecule has 1 aromatic rings. The Labute approximate surface area is 116 Å². The van der Waals surface area contributed by atoms with Gasteiger partial charge in [-0.05, 0) is 36.6 Å². The van der Waals surface area contributed by atoms with Gasteiger partial charge in [-0.2, -0.15) is 0 Å². The second-order valence-corrected chi connectivity index (χ2v) is 4.58. The molecule has 2 rings (SSSR count). The standard InChI is InChI=1S/C15H16FNO3/c16-13-6-3-12(4-7-13)5-8-15(19)20-11-14(18)17-9-1-2-10-17/h3-8H,1-2,9-11H2. The summed E-state index contributed by atoms with van der Waals surface area (Å²) in [6, 6.07) is 5.72. The Bertz CT molecular complexity index is 504. The maximum absolute atomic E-state index is 12.7. The normalized spacial score (nSPS) is 14.8. The van der Waals surface area contributed by atoms with Crippen LogP contribution in [0.1, 0.15) is 18.4 Å². The van der Waals surface area contributed by atoms with Crippen LogP contribution in [0.2, 0.25) is 0 Å². The maximum Gasteiger partial charge on any atom is 0.331 e. The molecular formula is C15H16FNO3. The molecular weight excluding hydrogens is 261 g/mol. The van der Waals surface area contributed by atoms with Crippen molar-refractivity contribution >= 4 is 18.0 Å². The molecule has 0 bridgehead atoms. The van der Waals surface area contributed by atoms with Crippen LogP contribution in [0.3, 0.4) is 0 Å². The van der Waals surface area contributed by atoms with Gasteiger partial charge in [0.1, 0.15) is 5.82 Å². The van der Waals surface area contributed by atoms with E-state index in [1.807, 2.05) is 0 Å². The molecule has 0 N–H and O–H groups in total. The van der Waals surface area contributed by atoms with Crippen molar-refractivity contribution < 1.29 is 18.7 Å². The van der Waals surface area contributed by atoms with Gasteiger partial charge in [-0.3, -0.25) is 4.79 Å². The zero-order chi connectivity index (χ0) is 14.4. The van der Waals surface area contributed by atoms with Gasteiger partial charge in [0, 0.05) is 19.2 Å². The summed E-state index contributed by atoms with van der Waals surface area (Å²) in [5.74, 6) is -1.08. The lowest BCUT2D eigenvalue weighted by atomic mass is 10.2. The third-order valence-corrected chi connectivity index (χ3v) is 3.08. The van der Waals surface area contributed by atoms with E-state index >= 15 is 0 Å². The number of carbonyl (C=O) groups is 2. The van der Waals surface area contributed by atoms with Gasteiger partial charge in [-0.15, -0.1) is 0 Å². The van der Waals surface area contributed by atoms with Crippen LogP contribution in [0, 0.1) is 5.82 Å². The van der Waals surface area contributed by atoms with Gasteiger partial charge >= 0.3 is 5.97 Å². The molecule has 1 aliphatic rings. The minimum Gasteiger partial charge on any atom is -0.452 e. The first-order valence-corrected chi connectivity index (χ1v) is 6.53. The van der Waals surface area contributed by atoms with Crippen molar-refractivity contribution in [3.63, 3.8) is 0 Å². The number of hydrogen-bond donors (Lipinski definition) is 0. The summed E-state index contributed by atoms with van der Waals surface area (Å²) < 4.78 is 17.6. The van der Waals surface area contributed by atoms with E-state index in [9.17, 15) is 14.0 Å². The summed E-state index contributed by atoms with van der Waals surface area (Å²) >= 11 is 0. The second kappa shape index (κ2) is 6.84. The minimum absolute atomic E-state index is 0.161. The van der Waals surface area contributed by atoms with E-state index in [0.29, 0.717) is 5.56 Å². The van der Waals surface area contributed by atoms with Crippen molar-refractivity contribution in [2.45, 2.75) is 12.8 Å². The number of hydrogen-bond acceptors (Lipinski definition) is 3. The average molecular weight is 277 g/mol. The Morgan fingerprint density at radius 1 is 1.20 bits per heavy atom. The molecule has 5 heteroatoms. The number of halogens is 1. The molecule has 1 saturated heterocycles. The predicted octanol–water partition coefficient (Wildman–Crippen LogP) is 2.00. The fraction of sp³-hybridized carbons (Fsp3) is 0.333. The minimum atomic E-state index is -0.582. The van der Waals surface area contributed by atoms with Crippen LogP contribution in [-0.2, 0) is 14.3 Å². The molecule has 1 amide bonds. The molecule has 1 fully saturated rings. The third-order valence-electron chi connectivity index (χ3n) is 3.08. The van der Waals surface area contributed by atoms with Gasteiger partial charge in [0.2, 0.25) is 0 Å². The summed E-state index contributed by atoms with van der Waals surface area (Å²) in [7, 11) is 0. The van der Waals surface area contributed by atoms with Crippen molar-refractivity contribution in [2.75, 3.05) is 19.7 Å². The number of nitrogens with zero attached hydrogens (tertiary/aromatic N) is 1. The van der Waals surface area contributed by atoms with Gasteiger partial charge < -0.3 is 9.64 Å². The van der Waals surface area contributed by atoms with Crippen molar-refractivity contribution in [1.82, 2.24) is 4.90 Å². The van der Waals surface area contributed by atoms with Gasteiger partial charge in [-0.1, -0.05) is 12.1 Å². The Balaban J connectivity index is 1.77. The number of benzene rings is 1. The van der Waals surface area contributed by atoms with E-state index in [0.717, 1.165) is 25.9 Å². The van der Waals surface area contributed by atoms with Crippen molar-refractivity contribution in [3.05, 3.63) is 41.7 Å². The van der Waals surface area contributed by atoms with Crippen LogP contribution in [0.5, 0.6) is 0 Å². The number of likely N-dealkylation sites (tertiary alicyclic amines) is 1. The third kappa shape index (κ3) is 4.19. The monoisotopic (exact) mass is 277 g/mol. The van der Waals surface area contributed by atoms with E-state index in [2.05, 4.69) is 0 Å². The molecule has 0 saturated carbocycles. The highest BCUT2D eigenvalue weighted by atomic mass is 19.1. The summed E-state index contributed by atoms with van der Waals surface area (Å²) in [4.78, 5) is 24.8. The number of carbonyl (C=O) groups excluding carboxylic acids is 2. The van der Waals surface area contributed by atoms with Crippen LogP contribution in [0.25, 0.3) is 6.08 Å². The highest BCUT2D eigenvalue weighted by Crippen LogP contribution is 2.08. The number of esters is 1. The van der Waals surface area contributed by atoms with Crippen LogP contribution >= 0.6 is 0 Å². The molecule has 0 aromatic heterocycles. The van der Waals surface area contributed by atoms with E-state index < -0.39 is 5.97 Å². The quantitative estimate of drug-likeness (QED) is 0.624. The smallest absolute Gasteiger partial charge is 0.331 e. The fourth-order valence-corrected chi connectivity index (χ4v) is 1.98. The van der Waals surface area contributed by atoms with Gasteiger partial charge in [-0.25, -0.2) is 9.18 Å². The van der Waals surface area contributed by atoms with Crippen molar-refractivity contribution in [1.29, 1.82) is 0 Å². The van der Waals surface area contributed by atoms with Crippen LogP contribution < -0.4 is 0 Å². The Morgan fingerprint density at radius 2 is 1.85 bits per heavy atom. The number of rotatable bonds is 4. The topological polar surface area (TPSA) is 46.6 Å². The first-order valence-electron chi connectivity index (χ1n) is 6.53. The lowest BCUT2D eigenvalue weighted by Gasteiger charge is -2.14. The van der Waals surface area contributed by atoms with Crippen molar-refractivity contribution in [3.8, 4) is 0 Å². The lowest BCUT2D eigenvalue weighted by Crippen LogP contribution is -2.31. The fourth-order valence-electron chi connectivity index (χ4n) is 1.98. The SMILES string of the molecule is O=C(C=Cc1ccc(F)cc1)OCC(=O)N1CCCC1. The summed E-state index contributed by atoms with van der Waals surface area (Å²) in [5, 5.41) is 0. The molecule has 0 aliphatic carbocycles. The highest BCUT2D eigenvalue weighted by molar-refractivity contribution is 5.89. The number of amides is 1. The zero-order valence-corrected chi connectivity index (χ0v) is 11.0. The van der Waals surface area contributed by atoms with E-state index in [1.165, 1.54) is 24.3 Å². The maximum atomic E-state index is 12.7. The Morgan fingerprint density at radius 3 is 2.50 bits per heavy atom. The molecule has 4 nitrogen and oxygen atoms in total. The highest BCUT2D eigenvalue weighted by Gasteiger charge is 2.18. The van der Waals surface area contributed by atoms with Crippen LogP contribution in [-0.4, -0.2) is 36.5 Å². The average Bonchev–Trinajstić information content (AvgIpc) is 2.98. The molecule has 1 heterocycles. The second-order valence-electron chi connectivity index (χ2n) is 4.58. The number of ether oxygens (including phenoxy) is 1. The van der Waals surface area contributed by atoms with E-state index in [1.54, 1.807) is 17.0 Å². The molecule has 0 spiro atoms. The lowest BCUT2D eigenvalue weighted by molar-refractivity contribution is -0.147. The predicted molar refractivity (Wildman–Crippen MR) is 72.2 cm³/mol. The van der Waals surface area contributed by atoms with Gasteiger partial charge in [0.25, 0.3) is 5.91 Å². The summed E-state index contributed by atoms with van der Waals surface area (Å²) in [6.45, 7) is 1.25. The molecule has 0 radical (unpaired) electrons. The van der Waals surface area contributed by atoms with Gasteiger partial charge in [0.05, 0.1) is 0 Å².